The van der Waals surface area contributed by atoms with Gasteiger partial charge in [0.2, 0.25) is 0 Å². The normalized spacial score (nSPS) is 10.7. The zero-order valence-electron chi connectivity index (χ0n) is 17.5. The summed E-state index contributed by atoms with van der Waals surface area (Å²) in [6, 6.07) is 12.9. The fourth-order valence-corrected chi connectivity index (χ4v) is 3.32. The molecule has 0 saturated carbocycles. The van der Waals surface area contributed by atoms with Crippen LogP contribution in [0.5, 0.6) is 11.5 Å². The molecule has 8 heteroatoms. The highest BCUT2D eigenvalue weighted by Crippen LogP contribution is 2.26. The molecule has 0 saturated heterocycles. The lowest BCUT2D eigenvalue weighted by Crippen LogP contribution is -2.13. The van der Waals surface area contributed by atoms with Crippen molar-refractivity contribution in [3.05, 3.63) is 70.2 Å². The highest BCUT2D eigenvalue weighted by atomic mass is 32.1. The number of rotatable bonds is 9. The maximum atomic E-state index is 12.8. The molecular weight excluding hydrogens is 416 g/mol. The van der Waals surface area contributed by atoms with E-state index in [1.54, 1.807) is 18.2 Å². The van der Waals surface area contributed by atoms with E-state index < -0.39 is 11.9 Å². The summed E-state index contributed by atoms with van der Waals surface area (Å²) in [5.74, 6) is -0.180. The SMILES string of the molecule is Cc1ccccc1COc1cc(OCC(C)C)cc(C(=O)Nc2ncc(C(=O)O)s2)c1. The second kappa shape index (κ2) is 10.1. The third kappa shape index (κ3) is 6.29. The molecular formula is C23H24N2O5S. The number of hydrogen-bond acceptors (Lipinski definition) is 6. The van der Waals surface area contributed by atoms with E-state index in [-0.39, 0.29) is 10.0 Å². The summed E-state index contributed by atoms with van der Waals surface area (Å²) >= 11 is 0.891. The molecule has 0 aliphatic heterocycles. The standard InChI is InChI=1S/C23H24N2O5S/c1-14(2)12-29-18-8-17(21(26)25-23-24-11-20(31-23)22(27)28)9-19(10-18)30-13-16-7-5-4-6-15(16)3/h4-11,14H,12-13H2,1-3H3,(H,27,28)(H,24,25,26). The lowest BCUT2D eigenvalue weighted by molar-refractivity contribution is 0.0701. The van der Waals surface area contributed by atoms with E-state index in [1.807, 2.05) is 45.0 Å². The molecule has 7 nitrogen and oxygen atoms in total. The molecule has 1 heterocycles. The van der Waals surface area contributed by atoms with Gasteiger partial charge in [-0.1, -0.05) is 49.4 Å². The zero-order chi connectivity index (χ0) is 22.4. The van der Waals surface area contributed by atoms with Gasteiger partial charge in [0.25, 0.3) is 5.91 Å². The van der Waals surface area contributed by atoms with Gasteiger partial charge in [-0.05, 0) is 36.1 Å². The van der Waals surface area contributed by atoms with Crippen LogP contribution in [0.4, 0.5) is 5.13 Å². The number of nitrogens with one attached hydrogen (secondary N) is 1. The van der Waals surface area contributed by atoms with Crippen molar-refractivity contribution in [2.24, 2.45) is 5.92 Å². The molecule has 2 aromatic carbocycles. The monoisotopic (exact) mass is 440 g/mol. The van der Waals surface area contributed by atoms with E-state index in [9.17, 15) is 9.59 Å². The van der Waals surface area contributed by atoms with Gasteiger partial charge in [0.1, 0.15) is 23.0 Å². The number of carbonyl (C=O) groups is 2. The Kier molecular flexibility index (Phi) is 7.25. The third-order valence-electron chi connectivity index (χ3n) is 4.32. The Morgan fingerprint density at radius 3 is 2.48 bits per heavy atom. The first-order chi connectivity index (χ1) is 14.8. The van der Waals surface area contributed by atoms with Gasteiger partial charge in [0.15, 0.2) is 5.13 Å². The first-order valence-electron chi connectivity index (χ1n) is 9.77. The first-order valence-corrected chi connectivity index (χ1v) is 10.6. The van der Waals surface area contributed by atoms with Gasteiger partial charge in [-0.25, -0.2) is 9.78 Å². The molecule has 1 aromatic heterocycles. The number of nitrogens with zero attached hydrogens (tertiary/aromatic N) is 1. The van der Waals surface area contributed by atoms with Crippen molar-refractivity contribution in [1.29, 1.82) is 0 Å². The minimum Gasteiger partial charge on any atom is -0.493 e. The molecule has 0 fully saturated rings. The maximum Gasteiger partial charge on any atom is 0.347 e. The number of hydrogen-bond donors (Lipinski definition) is 2. The van der Waals surface area contributed by atoms with Crippen LogP contribution >= 0.6 is 11.3 Å². The third-order valence-corrected chi connectivity index (χ3v) is 5.22. The second-order valence-corrected chi connectivity index (χ2v) is 8.43. The Labute approximate surface area is 184 Å². The Bertz CT molecular complexity index is 1080. The van der Waals surface area contributed by atoms with Crippen LogP contribution in [0.2, 0.25) is 0 Å². The summed E-state index contributed by atoms with van der Waals surface area (Å²) in [5.41, 5.74) is 2.49. The molecule has 0 spiro atoms. The molecule has 3 rings (SSSR count). The average Bonchev–Trinajstić information content (AvgIpc) is 3.20. The molecule has 31 heavy (non-hydrogen) atoms. The highest BCUT2D eigenvalue weighted by Gasteiger charge is 2.15. The number of ether oxygens (including phenoxy) is 2. The number of thiazole rings is 1. The van der Waals surface area contributed by atoms with Gasteiger partial charge >= 0.3 is 5.97 Å². The molecule has 162 valence electrons. The van der Waals surface area contributed by atoms with E-state index in [1.165, 1.54) is 6.20 Å². The highest BCUT2D eigenvalue weighted by molar-refractivity contribution is 7.17. The molecule has 0 atom stereocenters. The summed E-state index contributed by atoms with van der Waals surface area (Å²) in [5, 5.41) is 11.9. The van der Waals surface area contributed by atoms with Crippen molar-refractivity contribution in [3.8, 4) is 11.5 Å². The summed E-state index contributed by atoms with van der Waals surface area (Å²) in [6.45, 7) is 6.94. The Hall–Kier alpha value is -3.39. The number of carbonyl (C=O) groups excluding carboxylic acids is 1. The maximum absolute atomic E-state index is 12.8. The largest absolute Gasteiger partial charge is 0.493 e. The fourth-order valence-electron chi connectivity index (χ4n) is 2.67. The van der Waals surface area contributed by atoms with Crippen LogP contribution in [0.1, 0.15) is 45.0 Å². The van der Waals surface area contributed by atoms with Crippen LogP contribution in [-0.2, 0) is 6.61 Å². The number of aromatic carboxylic acids is 1. The minimum absolute atomic E-state index is 0.0478. The van der Waals surface area contributed by atoms with Gasteiger partial charge in [0.05, 0.1) is 12.8 Å². The average molecular weight is 441 g/mol. The molecule has 0 aliphatic rings. The molecule has 0 radical (unpaired) electrons. The van der Waals surface area contributed by atoms with Crippen molar-refractivity contribution < 1.29 is 24.2 Å². The first kappa shape index (κ1) is 22.3. The van der Waals surface area contributed by atoms with Crippen LogP contribution < -0.4 is 14.8 Å². The Morgan fingerprint density at radius 2 is 1.84 bits per heavy atom. The van der Waals surface area contributed by atoms with Gasteiger partial charge in [-0.2, -0.15) is 0 Å². The lowest BCUT2D eigenvalue weighted by atomic mass is 10.1. The van der Waals surface area contributed by atoms with Gasteiger partial charge in [-0.3, -0.25) is 10.1 Å². The molecule has 0 unspecified atom stereocenters. The van der Waals surface area contributed by atoms with Crippen LogP contribution in [0.25, 0.3) is 0 Å². The van der Waals surface area contributed by atoms with Crippen molar-refractivity contribution in [2.45, 2.75) is 27.4 Å². The van der Waals surface area contributed by atoms with E-state index in [0.29, 0.717) is 36.2 Å². The number of anilines is 1. The van der Waals surface area contributed by atoms with Crippen LogP contribution in [0.15, 0.2) is 48.7 Å². The molecule has 3 aromatic rings. The molecule has 2 N–H and O–H groups in total. The number of aryl methyl sites for hydroxylation is 1. The van der Waals surface area contributed by atoms with Crippen LogP contribution in [0.3, 0.4) is 0 Å². The van der Waals surface area contributed by atoms with E-state index in [4.69, 9.17) is 14.6 Å². The Balaban J connectivity index is 1.80. The topological polar surface area (TPSA) is 97.8 Å². The molecule has 1 amide bonds. The number of aromatic nitrogens is 1. The van der Waals surface area contributed by atoms with Crippen molar-refractivity contribution in [1.82, 2.24) is 4.98 Å². The van der Waals surface area contributed by atoms with Crippen LogP contribution in [-0.4, -0.2) is 28.6 Å². The zero-order valence-corrected chi connectivity index (χ0v) is 18.4. The predicted octanol–water partition coefficient (Wildman–Crippen LogP) is 5.02. The summed E-state index contributed by atoms with van der Waals surface area (Å²) in [7, 11) is 0. The smallest absolute Gasteiger partial charge is 0.347 e. The number of benzene rings is 2. The minimum atomic E-state index is -1.09. The van der Waals surface area contributed by atoms with E-state index >= 15 is 0 Å². The summed E-state index contributed by atoms with van der Waals surface area (Å²) in [6.07, 6.45) is 1.21. The summed E-state index contributed by atoms with van der Waals surface area (Å²) in [4.78, 5) is 27.8. The van der Waals surface area contributed by atoms with E-state index in [2.05, 4.69) is 10.3 Å². The lowest BCUT2D eigenvalue weighted by Gasteiger charge is -2.14. The van der Waals surface area contributed by atoms with Gasteiger partial charge in [-0.15, -0.1) is 0 Å². The second-order valence-electron chi connectivity index (χ2n) is 7.40. The Morgan fingerprint density at radius 1 is 1.13 bits per heavy atom. The number of carboxylic acids is 1. The molecule has 0 aliphatic carbocycles. The summed E-state index contributed by atoms with van der Waals surface area (Å²) < 4.78 is 11.8. The van der Waals surface area contributed by atoms with Crippen LogP contribution in [0, 0.1) is 12.8 Å². The van der Waals surface area contributed by atoms with Crippen molar-refractivity contribution in [2.75, 3.05) is 11.9 Å². The molecule has 0 bridgehead atoms. The van der Waals surface area contributed by atoms with E-state index in [0.717, 1.165) is 22.5 Å². The number of amides is 1. The quantitative estimate of drug-likeness (QED) is 0.485. The van der Waals surface area contributed by atoms with Crippen molar-refractivity contribution >= 4 is 28.3 Å². The van der Waals surface area contributed by atoms with Crippen molar-refractivity contribution in [3.63, 3.8) is 0 Å². The predicted molar refractivity (Wildman–Crippen MR) is 119 cm³/mol. The van der Waals surface area contributed by atoms with Gasteiger partial charge in [0, 0.05) is 11.6 Å². The fraction of sp³-hybridized carbons (Fsp3) is 0.261. The number of carboxylic acid groups (broad SMARTS) is 1. The van der Waals surface area contributed by atoms with Gasteiger partial charge < -0.3 is 14.6 Å².